The van der Waals surface area contributed by atoms with Crippen molar-refractivity contribution in [2.45, 2.75) is 32.6 Å². The van der Waals surface area contributed by atoms with Gasteiger partial charge in [-0.1, -0.05) is 66.2 Å². The van der Waals surface area contributed by atoms with Gasteiger partial charge in [0.15, 0.2) is 11.6 Å². The summed E-state index contributed by atoms with van der Waals surface area (Å²) in [6, 6.07) is 21.2. The summed E-state index contributed by atoms with van der Waals surface area (Å²) in [5.41, 5.74) is 3.46. The molecule has 1 heterocycles. The van der Waals surface area contributed by atoms with Gasteiger partial charge in [-0.25, -0.2) is 9.18 Å². The zero-order valence-corrected chi connectivity index (χ0v) is 19.9. The fraction of sp³-hybridized carbons (Fsp3) is 0.258. The summed E-state index contributed by atoms with van der Waals surface area (Å²) in [6.45, 7) is 6.38. The SMILES string of the molecule is C=CC1CCC(COc2ccc3cc(-c4ccc(-c5ccc(C)cc5)cc4)oc(=O)c3c2F)CC1. The van der Waals surface area contributed by atoms with Crippen LogP contribution < -0.4 is 10.4 Å². The lowest BCUT2D eigenvalue weighted by atomic mass is 9.82. The van der Waals surface area contributed by atoms with Gasteiger partial charge in [0.1, 0.15) is 11.1 Å². The Morgan fingerprint density at radius 2 is 1.57 bits per heavy atom. The molecule has 3 nitrogen and oxygen atoms in total. The fourth-order valence-electron chi connectivity index (χ4n) is 4.85. The molecule has 35 heavy (non-hydrogen) atoms. The van der Waals surface area contributed by atoms with Crippen LogP contribution in [0.4, 0.5) is 4.39 Å². The Morgan fingerprint density at radius 3 is 2.23 bits per heavy atom. The number of hydrogen-bond donors (Lipinski definition) is 0. The molecule has 4 heteroatoms. The number of ether oxygens (including phenoxy) is 1. The molecule has 0 amide bonds. The largest absolute Gasteiger partial charge is 0.490 e. The number of fused-ring (bicyclic) bond motifs is 1. The van der Waals surface area contributed by atoms with E-state index in [9.17, 15) is 4.79 Å². The molecule has 4 aromatic rings. The molecule has 1 aliphatic rings. The second kappa shape index (κ2) is 9.91. The topological polar surface area (TPSA) is 39.4 Å². The van der Waals surface area contributed by atoms with E-state index >= 15 is 4.39 Å². The maximum Gasteiger partial charge on any atom is 0.347 e. The fourth-order valence-corrected chi connectivity index (χ4v) is 4.85. The Morgan fingerprint density at radius 1 is 0.943 bits per heavy atom. The van der Waals surface area contributed by atoms with E-state index < -0.39 is 11.4 Å². The summed E-state index contributed by atoms with van der Waals surface area (Å²) < 4.78 is 26.5. The van der Waals surface area contributed by atoms with Crippen LogP contribution in [0.5, 0.6) is 5.75 Å². The lowest BCUT2D eigenvalue weighted by Gasteiger charge is -2.26. The lowest BCUT2D eigenvalue weighted by molar-refractivity contribution is 0.190. The molecule has 0 unspecified atom stereocenters. The van der Waals surface area contributed by atoms with Crippen LogP contribution >= 0.6 is 0 Å². The minimum atomic E-state index is -0.699. The first-order valence-corrected chi connectivity index (χ1v) is 12.2. The number of halogens is 1. The third-order valence-corrected chi connectivity index (χ3v) is 7.09. The minimum Gasteiger partial charge on any atom is -0.490 e. The van der Waals surface area contributed by atoms with E-state index in [4.69, 9.17) is 9.15 Å². The van der Waals surface area contributed by atoms with E-state index in [0.29, 0.717) is 29.6 Å². The van der Waals surface area contributed by atoms with Crippen molar-refractivity contribution in [3.05, 3.63) is 101 Å². The van der Waals surface area contributed by atoms with Gasteiger partial charge in [0, 0.05) is 5.56 Å². The van der Waals surface area contributed by atoms with E-state index in [0.717, 1.165) is 42.4 Å². The summed E-state index contributed by atoms with van der Waals surface area (Å²) >= 11 is 0. The molecule has 5 rings (SSSR count). The molecule has 0 aliphatic heterocycles. The first-order valence-electron chi connectivity index (χ1n) is 12.2. The summed E-state index contributed by atoms with van der Waals surface area (Å²) in [5, 5.41) is 0.424. The van der Waals surface area contributed by atoms with Crippen molar-refractivity contribution in [3.8, 4) is 28.2 Å². The quantitative estimate of drug-likeness (QED) is 0.270. The predicted molar refractivity (Wildman–Crippen MR) is 139 cm³/mol. The number of aryl methyl sites for hydroxylation is 1. The average Bonchev–Trinajstić information content (AvgIpc) is 2.89. The standard InChI is InChI=1S/C31H29FO3/c1-3-21-6-8-22(9-7-21)19-34-27-17-16-26-18-28(35-31(33)29(26)30(27)32)25-14-12-24(13-15-25)23-10-4-20(2)5-11-23/h3-5,10-18,21-22H,1,6-9,19H2,2H3. The third-order valence-electron chi connectivity index (χ3n) is 7.09. The van der Waals surface area contributed by atoms with Gasteiger partial charge in [0.2, 0.25) is 0 Å². The lowest BCUT2D eigenvalue weighted by Crippen LogP contribution is -2.19. The van der Waals surface area contributed by atoms with Crippen molar-refractivity contribution >= 4 is 10.8 Å². The molecule has 3 aromatic carbocycles. The van der Waals surface area contributed by atoms with Crippen LogP contribution in [0, 0.1) is 24.6 Å². The molecule has 0 saturated heterocycles. The molecule has 0 radical (unpaired) electrons. The molecule has 0 N–H and O–H groups in total. The normalized spacial score (nSPS) is 17.9. The summed E-state index contributed by atoms with van der Waals surface area (Å²) in [7, 11) is 0. The van der Waals surface area contributed by atoms with Gasteiger partial charge in [-0.3, -0.25) is 0 Å². The number of rotatable bonds is 6. The number of hydrogen-bond acceptors (Lipinski definition) is 3. The first-order chi connectivity index (χ1) is 17.0. The van der Waals surface area contributed by atoms with Gasteiger partial charge in [-0.15, -0.1) is 6.58 Å². The van der Waals surface area contributed by atoms with Crippen LogP contribution in [-0.4, -0.2) is 6.61 Å². The molecule has 0 bridgehead atoms. The second-order valence-electron chi connectivity index (χ2n) is 9.51. The Balaban J connectivity index is 1.36. The molecule has 1 aromatic heterocycles. The maximum atomic E-state index is 15.2. The Hall–Kier alpha value is -3.66. The van der Waals surface area contributed by atoms with Crippen LogP contribution in [0.2, 0.25) is 0 Å². The van der Waals surface area contributed by atoms with E-state index in [-0.39, 0.29) is 11.1 Å². The first kappa shape index (κ1) is 23.1. The average molecular weight is 469 g/mol. The molecular weight excluding hydrogens is 439 g/mol. The third kappa shape index (κ3) is 4.93. The molecule has 1 fully saturated rings. The number of allylic oxidation sites excluding steroid dienone is 1. The molecular formula is C31H29FO3. The van der Waals surface area contributed by atoms with E-state index in [1.54, 1.807) is 18.2 Å². The Bertz CT molecular complexity index is 1390. The van der Waals surface area contributed by atoms with Crippen molar-refractivity contribution in [2.24, 2.45) is 11.8 Å². The summed E-state index contributed by atoms with van der Waals surface area (Å²) in [6.07, 6.45) is 6.29. The van der Waals surface area contributed by atoms with Gasteiger partial charge < -0.3 is 9.15 Å². The van der Waals surface area contributed by atoms with Crippen molar-refractivity contribution < 1.29 is 13.5 Å². The molecule has 0 atom stereocenters. The highest BCUT2D eigenvalue weighted by Gasteiger charge is 2.21. The zero-order chi connectivity index (χ0) is 24.4. The van der Waals surface area contributed by atoms with Gasteiger partial charge in [-0.2, -0.15) is 0 Å². The smallest absolute Gasteiger partial charge is 0.347 e. The van der Waals surface area contributed by atoms with Crippen LogP contribution in [0.25, 0.3) is 33.2 Å². The minimum absolute atomic E-state index is 0.0714. The van der Waals surface area contributed by atoms with Crippen molar-refractivity contribution in [1.29, 1.82) is 0 Å². The van der Waals surface area contributed by atoms with E-state index in [1.165, 1.54) is 5.56 Å². The monoisotopic (exact) mass is 468 g/mol. The van der Waals surface area contributed by atoms with Gasteiger partial charge in [0.05, 0.1) is 6.61 Å². The van der Waals surface area contributed by atoms with Gasteiger partial charge >= 0.3 is 5.63 Å². The highest BCUT2D eigenvalue weighted by atomic mass is 19.1. The van der Waals surface area contributed by atoms with Crippen LogP contribution in [0.15, 0.2) is 88.6 Å². The second-order valence-corrected chi connectivity index (χ2v) is 9.51. The zero-order valence-electron chi connectivity index (χ0n) is 19.9. The highest BCUT2D eigenvalue weighted by Crippen LogP contribution is 2.32. The molecule has 178 valence electrons. The molecule has 0 spiro atoms. The van der Waals surface area contributed by atoms with Crippen molar-refractivity contribution in [2.75, 3.05) is 6.61 Å². The summed E-state index contributed by atoms with van der Waals surface area (Å²) in [4.78, 5) is 12.8. The van der Waals surface area contributed by atoms with Crippen molar-refractivity contribution in [1.82, 2.24) is 0 Å². The van der Waals surface area contributed by atoms with Crippen LogP contribution in [-0.2, 0) is 0 Å². The molecule has 1 saturated carbocycles. The highest BCUT2D eigenvalue weighted by molar-refractivity contribution is 5.86. The predicted octanol–water partition coefficient (Wildman–Crippen LogP) is 7.95. The van der Waals surface area contributed by atoms with Crippen molar-refractivity contribution in [3.63, 3.8) is 0 Å². The Kier molecular flexibility index (Phi) is 6.54. The Labute approximate surface area is 204 Å². The van der Waals surface area contributed by atoms with E-state index in [2.05, 4.69) is 37.8 Å². The number of benzene rings is 3. The van der Waals surface area contributed by atoms with Crippen LogP contribution in [0.1, 0.15) is 31.2 Å². The van der Waals surface area contributed by atoms with Gasteiger partial charge in [-0.05, 0) is 73.1 Å². The van der Waals surface area contributed by atoms with E-state index in [1.807, 2.05) is 30.3 Å². The molecule has 1 aliphatic carbocycles. The maximum absolute atomic E-state index is 15.2. The van der Waals surface area contributed by atoms with Crippen LogP contribution in [0.3, 0.4) is 0 Å². The summed E-state index contributed by atoms with van der Waals surface area (Å²) in [5.74, 6) is 0.817. The van der Waals surface area contributed by atoms with Gasteiger partial charge in [0.25, 0.3) is 0 Å².